The molecule has 2 rings (SSSR count). The van der Waals surface area contributed by atoms with E-state index in [9.17, 15) is 26.4 Å². The minimum Gasteiger partial charge on any atom is -0.465 e. The van der Waals surface area contributed by atoms with Gasteiger partial charge >= 0.3 is 12.1 Å². The van der Waals surface area contributed by atoms with Crippen LogP contribution in [0.15, 0.2) is 33.6 Å². The number of rotatable bonds is 5. The predicted molar refractivity (Wildman–Crippen MR) is 85.0 cm³/mol. The summed E-state index contributed by atoms with van der Waals surface area (Å²) in [6.07, 6.45) is -4.66. The summed E-state index contributed by atoms with van der Waals surface area (Å²) in [7, 11) is -3.03. The number of halogens is 3. The SMILES string of the molecule is COC(=O)c1cc(CNS(=O)(=O)c2ccc(C)c(C(F)(F)F)c2)oc1C. The fourth-order valence-electron chi connectivity index (χ4n) is 2.27. The molecule has 0 aliphatic heterocycles. The van der Waals surface area contributed by atoms with Gasteiger partial charge in [0.25, 0.3) is 0 Å². The van der Waals surface area contributed by atoms with Crippen LogP contribution in [0.25, 0.3) is 0 Å². The highest BCUT2D eigenvalue weighted by molar-refractivity contribution is 7.89. The van der Waals surface area contributed by atoms with E-state index < -0.39 is 32.6 Å². The minimum atomic E-state index is -4.66. The first-order valence-corrected chi connectivity index (χ1v) is 8.79. The Kier molecular flexibility index (Phi) is 5.47. The number of aryl methyl sites for hydroxylation is 2. The number of hydrogen-bond acceptors (Lipinski definition) is 5. The number of sulfonamides is 1. The minimum absolute atomic E-state index is 0.0826. The summed E-state index contributed by atoms with van der Waals surface area (Å²) in [4.78, 5) is 11.0. The zero-order chi connectivity index (χ0) is 19.7. The summed E-state index contributed by atoms with van der Waals surface area (Å²) in [5.41, 5.74) is -0.973. The summed E-state index contributed by atoms with van der Waals surface area (Å²) in [6, 6.07) is 4.05. The van der Waals surface area contributed by atoms with Crippen LogP contribution in [0.3, 0.4) is 0 Å². The first kappa shape index (κ1) is 20.0. The number of esters is 1. The number of alkyl halides is 3. The van der Waals surface area contributed by atoms with Crippen molar-refractivity contribution in [3.8, 4) is 0 Å². The van der Waals surface area contributed by atoms with E-state index in [0.717, 1.165) is 12.1 Å². The topological polar surface area (TPSA) is 85.6 Å². The Labute approximate surface area is 148 Å². The largest absolute Gasteiger partial charge is 0.465 e. The zero-order valence-electron chi connectivity index (χ0n) is 14.1. The van der Waals surface area contributed by atoms with Crippen LogP contribution in [0.4, 0.5) is 13.2 Å². The maximum atomic E-state index is 13.0. The van der Waals surface area contributed by atoms with Crippen molar-refractivity contribution < 1.29 is 35.5 Å². The van der Waals surface area contributed by atoms with E-state index in [1.54, 1.807) is 0 Å². The molecule has 0 radical (unpaired) electrons. The van der Waals surface area contributed by atoms with Gasteiger partial charge < -0.3 is 9.15 Å². The lowest BCUT2D eigenvalue weighted by molar-refractivity contribution is -0.138. The highest BCUT2D eigenvalue weighted by Gasteiger charge is 2.33. The van der Waals surface area contributed by atoms with Gasteiger partial charge in [-0.05, 0) is 37.6 Å². The van der Waals surface area contributed by atoms with E-state index in [4.69, 9.17) is 4.42 Å². The number of benzene rings is 1. The predicted octanol–water partition coefficient (Wildman–Crippen LogP) is 3.18. The van der Waals surface area contributed by atoms with E-state index in [0.29, 0.717) is 6.07 Å². The summed E-state index contributed by atoms with van der Waals surface area (Å²) in [5.74, 6) is -0.288. The van der Waals surface area contributed by atoms with Gasteiger partial charge in [0.15, 0.2) is 0 Å². The lowest BCUT2D eigenvalue weighted by atomic mass is 10.1. The highest BCUT2D eigenvalue weighted by atomic mass is 32.2. The third kappa shape index (κ3) is 4.25. The average Bonchev–Trinajstić information content (AvgIpc) is 2.92. The van der Waals surface area contributed by atoms with Gasteiger partial charge in [0.05, 0.1) is 24.1 Å². The quantitative estimate of drug-likeness (QED) is 0.792. The molecule has 0 amide bonds. The molecule has 0 aliphatic rings. The van der Waals surface area contributed by atoms with Crippen LogP contribution in [-0.2, 0) is 27.5 Å². The van der Waals surface area contributed by atoms with Crippen molar-refractivity contribution in [2.24, 2.45) is 0 Å². The molecular formula is C16H16F3NO5S. The van der Waals surface area contributed by atoms with Crippen LogP contribution >= 0.6 is 0 Å². The van der Waals surface area contributed by atoms with Crippen molar-refractivity contribution in [1.29, 1.82) is 0 Å². The monoisotopic (exact) mass is 391 g/mol. The third-order valence-electron chi connectivity index (χ3n) is 3.64. The molecule has 10 heteroatoms. The molecule has 1 aromatic carbocycles. The highest BCUT2D eigenvalue weighted by Crippen LogP contribution is 2.33. The Morgan fingerprint density at radius 1 is 1.23 bits per heavy atom. The van der Waals surface area contributed by atoms with Crippen LogP contribution in [0.1, 0.15) is 33.0 Å². The Balaban J connectivity index is 2.24. The van der Waals surface area contributed by atoms with Crippen LogP contribution in [-0.4, -0.2) is 21.5 Å². The van der Waals surface area contributed by atoms with Crippen molar-refractivity contribution in [2.75, 3.05) is 7.11 Å². The lowest BCUT2D eigenvalue weighted by Gasteiger charge is -2.12. The second-order valence-corrected chi connectivity index (χ2v) is 7.24. The maximum absolute atomic E-state index is 13.0. The van der Waals surface area contributed by atoms with Gasteiger partial charge in [-0.15, -0.1) is 0 Å². The molecule has 0 unspecified atom stereocenters. The number of hydrogen-bond donors (Lipinski definition) is 1. The Bertz CT molecular complexity index is 932. The average molecular weight is 391 g/mol. The molecule has 0 bridgehead atoms. The molecule has 1 aromatic heterocycles. The number of nitrogens with one attached hydrogen (secondary N) is 1. The van der Waals surface area contributed by atoms with Crippen molar-refractivity contribution >= 4 is 16.0 Å². The normalized spacial score (nSPS) is 12.2. The first-order valence-electron chi connectivity index (χ1n) is 7.31. The van der Waals surface area contributed by atoms with Crippen LogP contribution in [0, 0.1) is 13.8 Å². The third-order valence-corrected chi connectivity index (χ3v) is 5.03. The Hall–Kier alpha value is -2.33. The molecular weight excluding hydrogens is 375 g/mol. The molecule has 26 heavy (non-hydrogen) atoms. The standard InChI is InChI=1S/C16H16F3NO5S/c1-9-4-5-12(7-14(9)16(17,18)19)26(22,23)20-8-11-6-13(10(2)25-11)15(21)24-3/h4-7,20H,8H2,1-3H3. The molecule has 2 aromatic rings. The van der Waals surface area contributed by atoms with E-state index >= 15 is 0 Å². The van der Waals surface area contributed by atoms with Crippen molar-refractivity contribution in [2.45, 2.75) is 31.5 Å². The summed E-state index contributed by atoms with van der Waals surface area (Å²) in [5, 5.41) is 0. The van der Waals surface area contributed by atoms with E-state index in [1.165, 1.54) is 27.0 Å². The van der Waals surface area contributed by atoms with Gasteiger partial charge in [0.2, 0.25) is 10.0 Å². The maximum Gasteiger partial charge on any atom is 0.416 e. The number of carbonyl (C=O) groups excluding carboxylic acids is 1. The van der Waals surface area contributed by atoms with Gasteiger partial charge in [-0.1, -0.05) is 6.07 Å². The van der Waals surface area contributed by atoms with E-state index in [1.807, 2.05) is 0 Å². The number of furan rings is 1. The number of methoxy groups -OCH3 is 1. The molecule has 0 atom stereocenters. The molecule has 1 N–H and O–H groups in total. The number of carbonyl (C=O) groups is 1. The molecule has 1 heterocycles. The van der Waals surface area contributed by atoms with Crippen LogP contribution < -0.4 is 4.72 Å². The van der Waals surface area contributed by atoms with E-state index in [-0.39, 0.29) is 29.2 Å². The molecule has 6 nitrogen and oxygen atoms in total. The summed E-state index contributed by atoms with van der Waals surface area (Å²) >= 11 is 0. The molecule has 0 aliphatic carbocycles. The van der Waals surface area contributed by atoms with Crippen molar-refractivity contribution in [3.63, 3.8) is 0 Å². The Morgan fingerprint density at radius 3 is 2.46 bits per heavy atom. The molecule has 0 spiro atoms. The van der Waals surface area contributed by atoms with Crippen molar-refractivity contribution in [3.05, 3.63) is 52.5 Å². The fraction of sp³-hybridized carbons (Fsp3) is 0.312. The lowest BCUT2D eigenvalue weighted by Crippen LogP contribution is -2.23. The van der Waals surface area contributed by atoms with Crippen molar-refractivity contribution in [1.82, 2.24) is 4.72 Å². The van der Waals surface area contributed by atoms with Gasteiger partial charge in [0, 0.05) is 0 Å². The van der Waals surface area contributed by atoms with Gasteiger partial charge in [0.1, 0.15) is 17.1 Å². The molecule has 142 valence electrons. The molecule has 0 fully saturated rings. The zero-order valence-corrected chi connectivity index (χ0v) is 14.9. The molecule has 0 saturated carbocycles. The van der Waals surface area contributed by atoms with Crippen LogP contribution in [0.5, 0.6) is 0 Å². The van der Waals surface area contributed by atoms with Gasteiger partial charge in [-0.25, -0.2) is 17.9 Å². The van der Waals surface area contributed by atoms with E-state index in [2.05, 4.69) is 9.46 Å². The Morgan fingerprint density at radius 2 is 1.88 bits per heavy atom. The first-order chi connectivity index (χ1) is 12.0. The second-order valence-electron chi connectivity index (χ2n) is 5.47. The fourth-order valence-corrected chi connectivity index (χ4v) is 3.29. The number of ether oxygens (including phenoxy) is 1. The van der Waals surface area contributed by atoms with Gasteiger partial charge in [-0.3, -0.25) is 0 Å². The molecule has 0 saturated heterocycles. The second kappa shape index (κ2) is 7.12. The van der Waals surface area contributed by atoms with Crippen LogP contribution in [0.2, 0.25) is 0 Å². The van der Waals surface area contributed by atoms with Gasteiger partial charge in [-0.2, -0.15) is 13.2 Å². The summed E-state index contributed by atoms with van der Waals surface area (Å²) in [6.45, 7) is 2.40. The smallest absolute Gasteiger partial charge is 0.416 e. The summed E-state index contributed by atoms with van der Waals surface area (Å²) < 4.78 is 75.3.